The number of para-hydroxylation sites is 2. The number of rotatable bonds is 5. The van der Waals surface area contributed by atoms with E-state index in [1.807, 2.05) is 71.3 Å². The molecular weight excluding hydrogens is 768 g/mol. The maximum Gasteiger partial charge on any atom is 0.137 e. The largest absolute Gasteiger partial charge is 0.456 e. The van der Waals surface area contributed by atoms with Crippen LogP contribution in [0.4, 0.5) is 0 Å². The van der Waals surface area contributed by atoms with Crippen molar-refractivity contribution in [2.75, 3.05) is 0 Å². The molecule has 0 atom stereocenters. The van der Waals surface area contributed by atoms with E-state index in [9.17, 15) is 0 Å². The molecule has 10 heteroatoms. The van der Waals surface area contributed by atoms with Crippen LogP contribution >= 0.6 is 0 Å². The number of hydrogen-bond donors (Lipinski definition) is 0. The third-order valence-electron chi connectivity index (χ3n) is 12.9. The Balaban J connectivity index is 1.14. The Hall–Kier alpha value is -7.17. The molecule has 0 saturated carbocycles. The molecule has 0 aliphatic heterocycles. The Morgan fingerprint density at radius 2 is 0.938 bits per heavy atom. The molecule has 9 aromatic carbocycles. The molecule has 3 heterocycles. The van der Waals surface area contributed by atoms with E-state index >= 15 is 0 Å². The number of benzene rings is 9. The van der Waals surface area contributed by atoms with Gasteiger partial charge in [0.1, 0.15) is 66.1 Å². The molecule has 0 bridgehead atoms. The molecular formula is C54H27B7N2O. The van der Waals surface area contributed by atoms with Gasteiger partial charge in [-0.25, -0.2) is 0 Å². The Morgan fingerprint density at radius 1 is 0.328 bits per heavy atom. The van der Waals surface area contributed by atoms with Crippen molar-refractivity contribution in [3.63, 3.8) is 0 Å². The van der Waals surface area contributed by atoms with Crippen LogP contribution in [0, 0.1) is 0 Å². The quantitative estimate of drug-likeness (QED) is 0.187. The van der Waals surface area contributed by atoms with Gasteiger partial charge in [-0.3, -0.25) is 0 Å². The van der Waals surface area contributed by atoms with E-state index in [4.69, 9.17) is 59.3 Å². The van der Waals surface area contributed by atoms with Crippen LogP contribution < -0.4 is 38.2 Å². The molecule has 12 rings (SSSR count). The van der Waals surface area contributed by atoms with E-state index in [1.54, 1.807) is 0 Å². The van der Waals surface area contributed by atoms with E-state index in [2.05, 4.69) is 102 Å². The van der Waals surface area contributed by atoms with Gasteiger partial charge < -0.3 is 13.6 Å². The molecule has 280 valence electrons. The highest BCUT2D eigenvalue weighted by Gasteiger charge is 2.25. The summed E-state index contributed by atoms with van der Waals surface area (Å²) in [5.41, 5.74) is 13.9. The molecule has 3 nitrogen and oxygen atoms in total. The number of aromatic nitrogens is 2. The third-order valence-corrected chi connectivity index (χ3v) is 12.9. The van der Waals surface area contributed by atoms with E-state index in [0.717, 1.165) is 82.9 Å². The van der Waals surface area contributed by atoms with Gasteiger partial charge in [-0.15, -0.1) is 10.9 Å². The summed E-state index contributed by atoms with van der Waals surface area (Å²) in [6.07, 6.45) is 0. The molecule has 0 aliphatic carbocycles. The summed E-state index contributed by atoms with van der Waals surface area (Å²) >= 11 is 0. The maximum atomic E-state index is 7.41. The van der Waals surface area contributed by atoms with Crippen molar-refractivity contribution >= 4 is 159 Å². The molecule has 0 saturated heterocycles. The van der Waals surface area contributed by atoms with Gasteiger partial charge in [-0.1, -0.05) is 143 Å². The molecule has 0 unspecified atom stereocenters. The fraction of sp³-hybridized carbons (Fsp3) is 0. The first-order chi connectivity index (χ1) is 31.2. The van der Waals surface area contributed by atoms with Crippen molar-refractivity contribution in [3.8, 4) is 44.8 Å². The Morgan fingerprint density at radius 3 is 1.72 bits per heavy atom. The molecule has 0 fully saturated rings. The lowest BCUT2D eigenvalue weighted by molar-refractivity contribution is 0.668. The summed E-state index contributed by atoms with van der Waals surface area (Å²) in [5.74, 6) is 0. The first-order valence-corrected chi connectivity index (χ1v) is 21.0. The highest BCUT2D eigenvalue weighted by molar-refractivity contribution is 6.69. The lowest BCUT2D eigenvalue weighted by Gasteiger charge is -2.19. The van der Waals surface area contributed by atoms with Crippen molar-refractivity contribution in [2.45, 2.75) is 0 Å². The summed E-state index contributed by atoms with van der Waals surface area (Å²) in [4.78, 5) is 0. The minimum Gasteiger partial charge on any atom is -0.456 e. The highest BCUT2D eigenvalue weighted by atomic mass is 16.3. The average Bonchev–Trinajstić information content (AvgIpc) is 4.01. The molecule has 0 amide bonds. The van der Waals surface area contributed by atoms with Gasteiger partial charge in [0.05, 0.1) is 11.0 Å². The molecule has 3 aromatic heterocycles. The van der Waals surface area contributed by atoms with Crippen LogP contribution in [0.15, 0.2) is 168 Å². The van der Waals surface area contributed by atoms with Crippen molar-refractivity contribution in [2.24, 2.45) is 0 Å². The van der Waals surface area contributed by atoms with Crippen LogP contribution in [0.1, 0.15) is 0 Å². The van der Waals surface area contributed by atoms with Crippen molar-refractivity contribution in [3.05, 3.63) is 164 Å². The number of furan rings is 1. The topological polar surface area (TPSA) is 23.0 Å². The van der Waals surface area contributed by atoms with E-state index in [1.165, 1.54) is 0 Å². The molecule has 64 heavy (non-hydrogen) atoms. The first kappa shape index (κ1) is 38.5. The van der Waals surface area contributed by atoms with Crippen LogP contribution in [0.25, 0.3) is 110 Å². The number of nitrogens with zero attached hydrogens (tertiary/aromatic N) is 2. The summed E-state index contributed by atoms with van der Waals surface area (Å²) < 4.78 is 10.7. The van der Waals surface area contributed by atoms with E-state index in [-0.39, 0.29) is 21.9 Å². The maximum absolute atomic E-state index is 7.41. The van der Waals surface area contributed by atoms with Gasteiger partial charge in [0, 0.05) is 61.0 Å². The smallest absolute Gasteiger partial charge is 0.137 e. The van der Waals surface area contributed by atoms with Gasteiger partial charge in [0.25, 0.3) is 0 Å². The van der Waals surface area contributed by atoms with Gasteiger partial charge in [-0.05, 0) is 75.7 Å². The molecule has 0 spiro atoms. The van der Waals surface area contributed by atoms with Crippen LogP contribution in [0.2, 0.25) is 0 Å². The van der Waals surface area contributed by atoms with Gasteiger partial charge >= 0.3 is 0 Å². The molecule has 12 aromatic rings. The Bertz CT molecular complexity index is 3930. The predicted octanol–water partition coefficient (Wildman–Crippen LogP) is 6.34. The first-order valence-electron chi connectivity index (χ1n) is 21.0. The van der Waals surface area contributed by atoms with Crippen LogP contribution in [0.5, 0.6) is 0 Å². The lowest BCUT2D eigenvalue weighted by Crippen LogP contribution is -2.48. The summed E-state index contributed by atoms with van der Waals surface area (Å²) in [5, 5.41) is 5.29. The third kappa shape index (κ3) is 5.51. The fourth-order valence-electron chi connectivity index (χ4n) is 9.91. The zero-order valence-corrected chi connectivity index (χ0v) is 34.4. The van der Waals surface area contributed by atoms with Crippen LogP contribution in [0.3, 0.4) is 0 Å². The molecule has 0 N–H and O–H groups in total. The van der Waals surface area contributed by atoms with Crippen LogP contribution in [-0.2, 0) is 0 Å². The zero-order chi connectivity index (χ0) is 43.5. The Labute approximate surface area is 379 Å². The summed E-state index contributed by atoms with van der Waals surface area (Å²) in [7, 11) is 48.8. The normalized spacial score (nSPS) is 11.9. The lowest BCUT2D eigenvalue weighted by atomic mass is 9.64. The molecule has 0 aliphatic rings. The minimum absolute atomic E-state index is 0.169. The van der Waals surface area contributed by atoms with E-state index in [0.29, 0.717) is 43.8 Å². The summed E-state index contributed by atoms with van der Waals surface area (Å²) in [6.45, 7) is 0. The zero-order valence-electron chi connectivity index (χ0n) is 34.4. The fourth-order valence-corrected chi connectivity index (χ4v) is 9.91. The predicted molar refractivity (Wildman–Crippen MR) is 276 cm³/mol. The second kappa shape index (κ2) is 14.4. The second-order valence-corrected chi connectivity index (χ2v) is 16.4. The number of fused-ring (bicyclic) bond motifs is 9. The van der Waals surface area contributed by atoms with Crippen molar-refractivity contribution < 1.29 is 4.42 Å². The van der Waals surface area contributed by atoms with Gasteiger partial charge in [0.15, 0.2) is 0 Å². The standard InChI is InChI=1S/C54H27B7N2O/c55-45-42(46(56)50(60)53-43(45)44-47(57)48(58)49(59)51(61)54(44)63(53)32-16-9-15-30(25-32)28-11-3-1-4-12-28)31-21-24-39-38(26-31)37-19-10-18-34(29-13-5-2-6-14-29)52(37)62(39)33-22-23-36-35-17-7-8-20-40(35)64-41(36)27-33/h1-27H. The number of hydrogen-bond acceptors (Lipinski definition) is 1. The highest BCUT2D eigenvalue weighted by Crippen LogP contribution is 2.41. The van der Waals surface area contributed by atoms with Crippen LogP contribution in [-0.4, -0.2) is 64.1 Å². The monoisotopic (exact) mass is 796 g/mol. The SMILES string of the molecule is [B]c1c([B])c([B])c2c(c1[B])c1c([B])c(-c3ccc4c(c3)c3cccc(-c5ccccc5)c3n4-c3ccc4c(c3)oc3ccccc34)c([B])c([B])c1n2-c1cccc(-c2ccccc2)c1. The average molecular weight is 796 g/mol. The molecule has 14 radical (unpaired) electrons. The second-order valence-electron chi connectivity index (χ2n) is 16.4. The van der Waals surface area contributed by atoms with Gasteiger partial charge in [0.2, 0.25) is 0 Å². The van der Waals surface area contributed by atoms with Crippen molar-refractivity contribution in [1.29, 1.82) is 0 Å². The van der Waals surface area contributed by atoms with Crippen molar-refractivity contribution in [1.82, 2.24) is 9.13 Å². The summed E-state index contributed by atoms with van der Waals surface area (Å²) in [6, 6.07) is 55.9. The van der Waals surface area contributed by atoms with Gasteiger partial charge in [-0.2, -0.15) is 0 Å². The van der Waals surface area contributed by atoms with E-state index < -0.39 is 0 Å². The minimum atomic E-state index is 0.169. The Kier molecular flexibility index (Phi) is 8.69.